The zero-order valence-electron chi connectivity index (χ0n) is 19.3. The molecule has 3 heterocycles. The van der Waals surface area contributed by atoms with Gasteiger partial charge in [-0.25, -0.2) is 14.4 Å². The van der Waals surface area contributed by atoms with Gasteiger partial charge in [0, 0.05) is 28.5 Å². The number of benzene rings is 2. The standard InChI is InChI=1S/C25H19ClFN7O3/c1-12-20(23(29)36)21(15-4-2-3-5-16(15)26)32-24(34(12)19-9-6-13(11-30-19)22(28)35)33-25-31-17-8-7-14(27)10-18(17)37-25/h2-11,21H,1H3,(H2,28,35)(H2,29,36)(H,31,32,33). The average molecular weight is 520 g/mol. The van der Waals surface area contributed by atoms with Crippen LogP contribution in [0, 0.1) is 5.82 Å². The van der Waals surface area contributed by atoms with E-state index in [1.54, 1.807) is 31.2 Å². The van der Waals surface area contributed by atoms with E-state index in [-0.39, 0.29) is 28.7 Å². The van der Waals surface area contributed by atoms with Crippen LogP contribution in [-0.4, -0.2) is 27.7 Å². The van der Waals surface area contributed by atoms with Crippen LogP contribution in [0.25, 0.3) is 11.1 Å². The van der Waals surface area contributed by atoms with Gasteiger partial charge in [0.2, 0.25) is 17.8 Å². The smallest absolute Gasteiger partial charge is 0.302 e. The van der Waals surface area contributed by atoms with Gasteiger partial charge >= 0.3 is 6.01 Å². The molecule has 1 atom stereocenters. The lowest BCUT2D eigenvalue weighted by Gasteiger charge is -2.34. The molecular formula is C25H19ClFN7O3. The van der Waals surface area contributed by atoms with Gasteiger partial charge in [-0.15, -0.1) is 0 Å². The van der Waals surface area contributed by atoms with Crippen LogP contribution < -0.4 is 21.7 Å². The Hall–Kier alpha value is -4.77. The summed E-state index contributed by atoms with van der Waals surface area (Å²) in [4.78, 5) is 39.1. The molecule has 186 valence electrons. The number of guanidine groups is 1. The molecule has 0 saturated heterocycles. The molecule has 0 saturated carbocycles. The van der Waals surface area contributed by atoms with Crippen LogP contribution in [0.1, 0.15) is 28.9 Å². The third kappa shape index (κ3) is 4.47. The molecule has 0 spiro atoms. The Kier molecular flexibility index (Phi) is 6.06. The number of rotatable bonds is 5. The lowest BCUT2D eigenvalue weighted by Crippen LogP contribution is -2.42. The van der Waals surface area contributed by atoms with E-state index in [9.17, 15) is 14.0 Å². The van der Waals surface area contributed by atoms with Crippen molar-refractivity contribution in [2.24, 2.45) is 16.5 Å². The van der Waals surface area contributed by atoms with Gasteiger partial charge in [-0.2, -0.15) is 4.98 Å². The van der Waals surface area contributed by atoms with Crippen LogP contribution in [0.15, 0.2) is 81.5 Å². The summed E-state index contributed by atoms with van der Waals surface area (Å²) in [5.74, 6) is -1.37. The highest BCUT2D eigenvalue weighted by molar-refractivity contribution is 6.31. The number of anilines is 2. The number of aromatic nitrogens is 2. The van der Waals surface area contributed by atoms with Crippen molar-refractivity contribution in [1.82, 2.24) is 9.97 Å². The van der Waals surface area contributed by atoms with E-state index in [4.69, 9.17) is 32.5 Å². The molecule has 0 fully saturated rings. The van der Waals surface area contributed by atoms with E-state index in [0.29, 0.717) is 27.6 Å². The number of hydrogen-bond donors (Lipinski definition) is 3. The Morgan fingerprint density at radius 2 is 1.89 bits per heavy atom. The summed E-state index contributed by atoms with van der Waals surface area (Å²) in [5, 5.41) is 3.39. The van der Waals surface area contributed by atoms with Crippen LogP contribution in [0.2, 0.25) is 5.02 Å². The van der Waals surface area contributed by atoms with Gasteiger partial charge in [0.25, 0.3) is 0 Å². The van der Waals surface area contributed by atoms with Crippen LogP contribution in [0.3, 0.4) is 0 Å². The summed E-state index contributed by atoms with van der Waals surface area (Å²) in [7, 11) is 0. The van der Waals surface area contributed by atoms with Gasteiger partial charge in [0.05, 0.1) is 11.1 Å². The highest BCUT2D eigenvalue weighted by Gasteiger charge is 2.35. The van der Waals surface area contributed by atoms with Crippen molar-refractivity contribution >= 4 is 52.3 Å². The molecule has 2 amide bonds. The second-order valence-electron chi connectivity index (χ2n) is 8.10. The van der Waals surface area contributed by atoms with Crippen molar-refractivity contribution < 1.29 is 18.4 Å². The lowest BCUT2D eigenvalue weighted by molar-refractivity contribution is -0.114. The molecule has 1 aliphatic heterocycles. The molecule has 12 heteroatoms. The van der Waals surface area contributed by atoms with E-state index in [0.717, 1.165) is 0 Å². The predicted molar refractivity (Wildman–Crippen MR) is 136 cm³/mol. The quantitative estimate of drug-likeness (QED) is 0.361. The third-order valence-corrected chi connectivity index (χ3v) is 6.10. The minimum atomic E-state index is -0.864. The number of nitrogens with one attached hydrogen (secondary N) is 1. The van der Waals surface area contributed by atoms with Gasteiger partial charge in [-0.1, -0.05) is 29.8 Å². The zero-order chi connectivity index (χ0) is 26.3. The number of oxazole rings is 1. The maximum absolute atomic E-state index is 13.7. The summed E-state index contributed by atoms with van der Waals surface area (Å²) in [6, 6.07) is 13.1. The first-order valence-electron chi connectivity index (χ1n) is 10.9. The fourth-order valence-electron chi connectivity index (χ4n) is 4.04. The Balaban J connectivity index is 1.66. The number of aliphatic imine (C=N–C) groups is 1. The molecule has 5 rings (SSSR count). The molecule has 0 radical (unpaired) electrons. The van der Waals surface area contributed by atoms with E-state index >= 15 is 0 Å². The second kappa shape index (κ2) is 9.36. The van der Waals surface area contributed by atoms with Gasteiger partial charge in [0.15, 0.2) is 5.58 Å². The molecule has 1 aliphatic rings. The highest BCUT2D eigenvalue weighted by Crippen LogP contribution is 2.38. The maximum atomic E-state index is 13.7. The van der Waals surface area contributed by atoms with E-state index in [1.165, 1.54) is 41.4 Å². The number of pyridine rings is 1. The Labute approximate surface area is 214 Å². The number of carbonyl (C=O) groups is 2. The number of primary amides is 2. The first-order chi connectivity index (χ1) is 17.7. The Morgan fingerprint density at radius 3 is 2.57 bits per heavy atom. The zero-order valence-corrected chi connectivity index (χ0v) is 20.0. The molecule has 0 bridgehead atoms. The van der Waals surface area contributed by atoms with Gasteiger partial charge < -0.3 is 15.9 Å². The largest absolute Gasteiger partial charge is 0.423 e. The molecule has 2 aromatic heterocycles. The Bertz CT molecular complexity index is 1610. The fourth-order valence-corrected chi connectivity index (χ4v) is 4.28. The van der Waals surface area contributed by atoms with Gasteiger partial charge in [0.1, 0.15) is 23.2 Å². The number of nitrogens with zero attached hydrogens (tertiary/aromatic N) is 4. The van der Waals surface area contributed by atoms with Crippen LogP contribution in [0.4, 0.5) is 16.2 Å². The second-order valence-corrected chi connectivity index (χ2v) is 8.51. The topological polar surface area (TPSA) is 153 Å². The summed E-state index contributed by atoms with van der Waals surface area (Å²) in [6.45, 7) is 1.67. The molecule has 10 nitrogen and oxygen atoms in total. The highest BCUT2D eigenvalue weighted by atomic mass is 35.5. The lowest BCUT2D eigenvalue weighted by atomic mass is 9.95. The van der Waals surface area contributed by atoms with E-state index in [2.05, 4.69) is 15.3 Å². The molecule has 2 aromatic carbocycles. The fraction of sp³-hybridized carbons (Fsp3) is 0.0800. The monoisotopic (exact) mass is 519 g/mol. The molecule has 1 unspecified atom stereocenters. The van der Waals surface area contributed by atoms with Crippen molar-refractivity contribution in [2.45, 2.75) is 13.0 Å². The molecule has 5 N–H and O–H groups in total. The van der Waals surface area contributed by atoms with Gasteiger partial charge in [-0.05, 0) is 37.3 Å². The van der Waals surface area contributed by atoms with Crippen molar-refractivity contribution in [3.8, 4) is 0 Å². The number of nitrogens with two attached hydrogens (primary N) is 2. The molecule has 0 aliphatic carbocycles. The number of carbonyl (C=O) groups excluding carboxylic acids is 2. The summed E-state index contributed by atoms with van der Waals surface area (Å²) in [5.41, 5.74) is 13.1. The van der Waals surface area contributed by atoms with Crippen molar-refractivity contribution in [1.29, 1.82) is 0 Å². The van der Waals surface area contributed by atoms with Crippen LogP contribution >= 0.6 is 11.6 Å². The summed E-state index contributed by atoms with van der Waals surface area (Å²) < 4.78 is 19.4. The minimum Gasteiger partial charge on any atom is -0.423 e. The minimum absolute atomic E-state index is 0.0198. The normalized spacial score (nSPS) is 15.6. The van der Waals surface area contributed by atoms with Crippen molar-refractivity contribution in [3.63, 3.8) is 0 Å². The summed E-state index contributed by atoms with van der Waals surface area (Å²) in [6.07, 6.45) is 1.30. The van der Waals surface area contributed by atoms with E-state index < -0.39 is 23.7 Å². The number of amides is 2. The third-order valence-electron chi connectivity index (χ3n) is 5.76. The first kappa shape index (κ1) is 23.9. The number of hydrogen-bond acceptors (Lipinski definition) is 8. The van der Waals surface area contributed by atoms with E-state index in [1.807, 2.05) is 0 Å². The number of allylic oxidation sites excluding steroid dienone is 1. The molecule has 4 aromatic rings. The average Bonchev–Trinajstić information content (AvgIpc) is 3.25. The van der Waals surface area contributed by atoms with Crippen molar-refractivity contribution in [2.75, 3.05) is 10.2 Å². The molecule has 37 heavy (non-hydrogen) atoms. The van der Waals surface area contributed by atoms with Gasteiger partial charge in [-0.3, -0.25) is 19.8 Å². The van der Waals surface area contributed by atoms with Crippen molar-refractivity contribution in [3.05, 3.63) is 94.0 Å². The number of fused-ring (bicyclic) bond motifs is 1. The van der Waals surface area contributed by atoms with Crippen LogP contribution in [-0.2, 0) is 4.79 Å². The Morgan fingerprint density at radius 1 is 1.11 bits per heavy atom. The predicted octanol–water partition coefficient (Wildman–Crippen LogP) is 3.90. The van der Waals surface area contributed by atoms with Crippen LogP contribution in [0.5, 0.6) is 0 Å². The number of halogens is 2. The summed E-state index contributed by atoms with van der Waals surface area (Å²) >= 11 is 6.45. The molecular weight excluding hydrogens is 501 g/mol. The first-order valence-corrected chi connectivity index (χ1v) is 11.3. The maximum Gasteiger partial charge on any atom is 0.302 e. The SMILES string of the molecule is CC1=C(C(N)=O)C(c2ccccc2Cl)N=C(Nc2nc3ccc(F)cc3o2)N1c1ccc(C(N)=O)cn1.